The Morgan fingerprint density at radius 1 is 1.14 bits per heavy atom. The van der Waals surface area contributed by atoms with Gasteiger partial charge in [-0.05, 0) is 57.5 Å². The van der Waals surface area contributed by atoms with E-state index in [9.17, 15) is 27.9 Å². The van der Waals surface area contributed by atoms with Gasteiger partial charge in [0.1, 0.15) is 12.1 Å². The molecule has 2 aromatic heterocycles. The minimum Gasteiger partial charge on any atom is -0.465 e. The molecule has 3 aromatic rings. The highest BCUT2D eigenvalue weighted by atomic mass is 19.4. The van der Waals surface area contributed by atoms with Crippen LogP contribution in [0.5, 0.6) is 0 Å². The second-order valence-electron chi connectivity index (χ2n) is 10.4. The number of amides is 2. The van der Waals surface area contributed by atoms with Gasteiger partial charge in [-0.3, -0.25) is 4.79 Å². The van der Waals surface area contributed by atoms with E-state index in [-0.39, 0.29) is 25.3 Å². The molecule has 0 bridgehead atoms. The van der Waals surface area contributed by atoms with E-state index < -0.39 is 34.8 Å². The van der Waals surface area contributed by atoms with Gasteiger partial charge < -0.3 is 25.5 Å². The van der Waals surface area contributed by atoms with Gasteiger partial charge in [-0.15, -0.1) is 10.2 Å². The molecule has 0 saturated carbocycles. The molecule has 15 heteroatoms. The fourth-order valence-corrected chi connectivity index (χ4v) is 4.47. The van der Waals surface area contributed by atoms with Crippen molar-refractivity contribution in [2.75, 3.05) is 29.9 Å². The average Bonchev–Trinajstić information content (AvgIpc) is 2.93. The van der Waals surface area contributed by atoms with Crippen LogP contribution in [0.4, 0.5) is 35.3 Å². The van der Waals surface area contributed by atoms with Crippen LogP contribution >= 0.6 is 0 Å². The van der Waals surface area contributed by atoms with Crippen LogP contribution < -0.4 is 15.5 Å². The summed E-state index contributed by atoms with van der Waals surface area (Å²) in [7, 11) is 0. The molecule has 2 amide bonds. The molecule has 12 nitrogen and oxygen atoms in total. The molecular formula is C27H28F3N9O3. The summed E-state index contributed by atoms with van der Waals surface area (Å²) in [5.74, 6) is 0.253. The quantitative estimate of drug-likeness (QED) is 0.371. The van der Waals surface area contributed by atoms with Gasteiger partial charge in [-0.2, -0.15) is 18.4 Å². The lowest BCUT2D eigenvalue weighted by atomic mass is 10.0. The number of aromatic nitrogens is 4. The van der Waals surface area contributed by atoms with Crippen molar-refractivity contribution in [2.24, 2.45) is 0 Å². The molecule has 3 heterocycles. The summed E-state index contributed by atoms with van der Waals surface area (Å²) in [5.41, 5.74) is -0.292. The van der Waals surface area contributed by atoms with Crippen molar-refractivity contribution in [1.82, 2.24) is 30.4 Å². The number of nitriles is 1. The first-order chi connectivity index (χ1) is 19.8. The summed E-state index contributed by atoms with van der Waals surface area (Å²) in [6.07, 6.45) is -3.98. The van der Waals surface area contributed by atoms with Gasteiger partial charge in [0, 0.05) is 36.4 Å². The Labute approximate surface area is 239 Å². The van der Waals surface area contributed by atoms with Crippen LogP contribution in [0.2, 0.25) is 0 Å². The zero-order chi connectivity index (χ0) is 30.7. The Morgan fingerprint density at radius 2 is 1.90 bits per heavy atom. The van der Waals surface area contributed by atoms with Gasteiger partial charge in [0.25, 0.3) is 5.91 Å². The number of halogens is 3. The third-order valence-corrected chi connectivity index (χ3v) is 6.61. The number of fused-ring (bicyclic) bond motifs is 1. The second kappa shape index (κ2) is 11.9. The Balaban J connectivity index is 1.41. The van der Waals surface area contributed by atoms with Crippen LogP contribution in [0, 0.1) is 11.3 Å². The predicted molar refractivity (Wildman–Crippen MR) is 145 cm³/mol. The topological polar surface area (TPSA) is 160 Å². The van der Waals surface area contributed by atoms with E-state index in [2.05, 4.69) is 30.8 Å². The van der Waals surface area contributed by atoms with Crippen LogP contribution in [0.15, 0.2) is 36.7 Å². The number of anilines is 3. The summed E-state index contributed by atoms with van der Waals surface area (Å²) in [6.45, 7) is 6.08. The lowest BCUT2D eigenvalue weighted by molar-refractivity contribution is -0.137. The number of rotatable bonds is 7. The van der Waals surface area contributed by atoms with Gasteiger partial charge in [0.15, 0.2) is 11.5 Å². The van der Waals surface area contributed by atoms with Crippen LogP contribution in [-0.2, 0) is 19.1 Å². The fraction of sp³-hybridized carbons (Fsp3) is 0.370. The largest absolute Gasteiger partial charge is 0.465 e. The van der Waals surface area contributed by atoms with E-state index in [1.165, 1.54) is 29.4 Å². The van der Waals surface area contributed by atoms with E-state index >= 15 is 0 Å². The van der Waals surface area contributed by atoms with Crippen LogP contribution in [-0.4, -0.2) is 67.3 Å². The first-order valence-electron chi connectivity index (χ1n) is 12.9. The average molecular weight is 584 g/mol. The maximum Gasteiger partial charge on any atom is 0.417 e. The molecule has 1 aliphatic heterocycles. The number of alkyl halides is 3. The monoisotopic (exact) mass is 583 g/mol. The van der Waals surface area contributed by atoms with Crippen LogP contribution in [0.1, 0.15) is 53.6 Å². The molecule has 0 aliphatic carbocycles. The smallest absolute Gasteiger partial charge is 0.417 e. The number of carbonyl (C=O) groups excluding carboxylic acids is 1. The van der Waals surface area contributed by atoms with Gasteiger partial charge >= 0.3 is 12.3 Å². The Hall–Kier alpha value is -5.00. The van der Waals surface area contributed by atoms with Crippen LogP contribution in [0.25, 0.3) is 0 Å². The lowest BCUT2D eigenvalue weighted by Gasteiger charge is -2.33. The van der Waals surface area contributed by atoms with Gasteiger partial charge in [0.05, 0.1) is 29.4 Å². The number of hydrogen-bond donors (Lipinski definition) is 3. The van der Waals surface area contributed by atoms with Gasteiger partial charge in [0.2, 0.25) is 0 Å². The maximum absolute atomic E-state index is 13.4. The predicted octanol–water partition coefficient (Wildman–Crippen LogP) is 3.97. The standard InChI is InChI=1S/C27H28F3N9O3/c1-26(2,3)39(25(41)42)11-9-32-24(40)20-6-7-22(37-36-20)35-23-18-8-10-38(14-21(18)33-15-34-23)17-5-4-16(13-31)19(12-17)27(28,29)30/h4-7,12,15H,8-11,14H2,1-3H3,(H,32,40)(H,41,42)(H,33,34,35,37). The van der Waals surface area contributed by atoms with E-state index in [1.54, 1.807) is 37.8 Å². The van der Waals surface area contributed by atoms with Crippen LogP contribution in [0.3, 0.4) is 0 Å². The summed E-state index contributed by atoms with van der Waals surface area (Å²) in [4.78, 5) is 35.5. The van der Waals surface area contributed by atoms with E-state index in [0.29, 0.717) is 36.0 Å². The van der Waals surface area contributed by atoms with Crippen molar-refractivity contribution in [2.45, 2.75) is 45.5 Å². The summed E-state index contributed by atoms with van der Waals surface area (Å²) in [6, 6.07) is 8.22. The summed E-state index contributed by atoms with van der Waals surface area (Å²) < 4.78 is 40.3. The second-order valence-corrected chi connectivity index (χ2v) is 10.4. The van der Waals surface area contributed by atoms with E-state index in [0.717, 1.165) is 11.6 Å². The molecule has 4 rings (SSSR count). The molecule has 1 aliphatic rings. The number of hydrogen-bond acceptors (Lipinski definition) is 9. The van der Waals surface area contributed by atoms with Gasteiger partial charge in [-0.25, -0.2) is 14.8 Å². The Bertz CT molecular complexity index is 1520. The molecule has 0 unspecified atom stereocenters. The normalized spacial score (nSPS) is 13.1. The van der Waals surface area contributed by atoms with Crippen molar-refractivity contribution >= 4 is 29.3 Å². The molecule has 0 atom stereocenters. The highest BCUT2D eigenvalue weighted by Gasteiger charge is 2.34. The molecule has 3 N–H and O–H groups in total. The zero-order valence-electron chi connectivity index (χ0n) is 23.0. The van der Waals surface area contributed by atoms with Crippen molar-refractivity contribution < 1.29 is 27.9 Å². The number of carbonyl (C=O) groups is 2. The van der Waals surface area contributed by atoms with E-state index in [4.69, 9.17) is 5.26 Å². The number of nitrogens with one attached hydrogen (secondary N) is 2. The Kier molecular flexibility index (Phi) is 8.46. The SMILES string of the molecule is CC(C)(C)N(CCNC(=O)c1ccc(Nc2ncnc3c2CCN(c2ccc(C#N)c(C(F)(F)F)c2)C3)nn1)C(=O)O. The number of benzene rings is 1. The number of carboxylic acid groups (broad SMARTS) is 1. The molecule has 0 radical (unpaired) electrons. The highest BCUT2D eigenvalue weighted by molar-refractivity contribution is 5.92. The van der Waals surface area contributed by atoms with E-state index in [1.807, 2.05) is 0 Å². The molecule has 0 saturated heterocycles. The third-order valence-electron chi connectivity index (χ3n) is 6.61. The lowest BCUT2D eigenvalue weighted by Crippen LogP contribution is -2.48. The molecule has 220 valence electrons. The first-order valence-corrected chi connectivity index (χ1v) is 12.9. The van der Waals surface area contributed by atoms with Crippen molar-refractivity contribution in [3.8, 4) is 6.07 Å². The zero-order valence-corrected chi connectivity index (χ0v) is 23.0. The minimum atomic E-state index is -4.65. The van der Waals surface area contributed by atoms with Crippen molar-refractivity contribution in [1.29, 1.82) is 5.26 Å². The Morgan fingerprint density at radius 3 is 2.52 bits per heavy atom. The molecular weight excluding hydrogens is 555 g/mol. The maximum atomic E-state index is 13.4. The van der Waals surface area contributed by atoms with Gasteiger partial charge in [-0.1, -0.05) is 0 Å². The van der Waals surface area contributed by atoms with Crippen molar-refractivity contribution in [3.63, 3.8) is 0 Å². The van der Waals surface area contributed by atoms with Crippen molar-refractivity contribution in [3.05, 3.63) is 64.7 Å². The molecule has 0 fully saturated rings. The number of nitrogens with zero attached hydrogens (tertiary/aromatic N) is 7. The first kappa shape index (κ1) is 30.0. The summed E-state index contributed by atoms with van der Waals surface area (Å²) >= 11 is 0. The summed E-state index contributed by atoms with van der Waals surface area (Å²) in [5, 5.41) is 32.1. The fourth-order valence-electron chi connectivity index (χ4n) is 4.47. The molecule has 1 aromatic carbocycles. The minimum absolute atomic E-state index is 0.0409. The molecule has 0 spiro atoms. The third kappa shape index (κ3) is 6.82. The molecule has 42 heavy (non-hydrogen) atoms. The highest BCUT2D eigenvalue weighted by Crippen LogP contribution is 2.36.